The van der Waals surface area contributed by atoms with E-state index in [2.05, 4.69) is 13.8 Å². The highest BCUT2D eigenvalue weighted by Gasteiger charge is 2.26. The topological polar surface area (TPSA) is 63.4 Å². The summed E-state index contributed by atoms with van der Waals surface area (Å²) >= 11 is 0. The Bertz CT molecular complexity index is 560. The van der Waals surface area contributed by atoms with Crippen LogP contribution in [-0.4, -0.2) is 25.8 Å². The van der Waals surface area contributed by atoms with Gasteiger partial charge in [-0.15, -0.1) is 0 Å². The van der Waals surface area contributed by atoms with Gasteiger partial charge >= 0.3 is 0 Å². The van der Waals surface area contributed by atoms with E-state index in [9.17, 15) is 8.42 Å². The molecule has 120 valence electrons. The standard InChI is InChI=1S/C16H28N2O2S/c1-5-7-9-18(10-8-6-2)21(19,20)16-12-13(3)11-15(17)14(16)4/h11-12H,5-10,17H2,1-4H3. The molecule has 5 heteroatoms. The van der Waals surface area contributed by atoms with E-state index in [1.165, 1.54) is 0 Å². The van der Waals surface area contributed by atoms with E-state index in [4.69, 9.17) is 5.73 Å². The number of benzene rings is 1. The molecule has 1 aromatic rings. The Morgan fingerprint density at radius 3 is 2.05 bits per heavy atom. The van der Waals surface area contributed by atoms with Crippen molar-refractivity contribution in [3.8, 4) is 0 Å². The molecule has 1 aromatic carbocycles. The highest BCUT2D eigenvalue weighted by molar-refractivity contribution is 7.89. The quantitative estimate of drug-likeness (QED) is 0.747. The lowest BCUT2D eigenvalue weighted by Crippen LogP contribution is -2.33. The molecule has 0 fully saturated rings. The van der Waals surface area contributed by atoms with Gasteiger partial charge in [0.1, 0.15) is 0 Å². The normalized spacial score (nSPS) is 12.0. The maximum atomic E-state index is 12.9. The first-order chi connectivity index (χ1) is 9.84. The second-order valence-electron chi connectivity index (χ2n) is 5.59. The van der Waals surface area contributed by atoms with Gasteiger partial charge in [0.25, 0.3) is 0 Å². The van der Waals surface area contributed by atoms with E-state index in [1.54, 1.807) is 17.3 Å². The zero-order valence-corrected chi connectivity index (χ0v) is 14.5. The molecule has 2 N–H and O–H groups in total. The van der Waals surface area contributed by atoms with E-state index >= 15 is 0 Å². The van der Waals surface area contributed by atoms with E-state index in [0.717, 1.165) is 31.2 Å². The summed E-state index contributed by atoms with van der Waals surface area (Å²) in [5, 5.41) is 0. The summed E-state index contributed by atoms with van der Waals surface area (Å²) in [4.78, 5) is 0.354. The van der Waals surface area contributed by atoms with Crippen LogP contribution in [0.4, 0.5) is 5.69 Å². The number of rotatable bonds is 8. The minimum Gasteiger partial charge on any atom is -0.398 e. The molecule has 0 saturated heterocycles. The van der Waals surface area contributed by atoms with Crippen LogP contribution in [0.2, 0.25) is 0 Å². The lowest BCUT2D eigenvalue weighted by molar-refractivity contribution is 0.395. The number of hydrogen-bond donors (Lipinski definition) is 1. The van der Waals surface area contributed by atoms with Gasteiger partial charge in [-0.2, -0.15) is 4.31 Å². The molecule has 0 amide bonds. The van der Waals surface area contributed by atoms with Crippen LogP contribution < -0.4 is 5.73 Å². The fraction of sp³-hybridized carbons (Fsp3) is 0.625. The van der Waals surface area contributed by atoms with Gasteiger partial charge in [-0.25, -0.2) is 8.42 Å². The third-order valence-electron chi connectivity index (χ3n) is 3.68. The van der Waals surface area contributed by atoms with Gasteiger partial charge in [0, 0.05) is 18.8 Å². The average Bonchev–Trinajstić information content (AvgIpc) is 2.42. The number of sulfonamides is 1. The first-order valence-electron chi connectivity index (χ1n) is 7.71. The van der Waals surface area contributed by atoms with Gasteiger partial charge in [-0.1, -0.05) is 26.7 Å². The van der Waals surface area contributed by atoms with Gasteiger partial charge < -0.3 is 5.73 Å². The Morgan fingerprint density at radius 1 is 1.05 bits per heavy atom. The number of hydrogen-bond acceptors (Lipinski definition) is 3. The Balaban J connectivity index is 3.21. The van der Waals surface area contributed by atoms with Crippen LogP contribution in [0.1, 0.15) is 50.7 Å². The molecule has 0 atom stereocenters. The van der Waals surface area contributed by atoms with E-state index < -0.39 is 10.0 Å². The van der Waals surface area contributed by atoms with Gasteiger partial charge in [0.05, 0.1) is 4.90 Å². The van der Waals surface area contributed by atoms with Gasteiger partial charge in [0.15, 0.2) is 0 Å². The molecule has 1 rings (SSSR count). The van der Waals surface area contributed by atoms with Crippen LogP contribution in [0.3, 0.4) is 0 Å². The molecule has 21 heavy (non-hydrogen) atoms. The first-order valence-corrected chi connectivity index (χ1v) is 9.15. The zero-order chi connectivity index (χ0) is 16.0. The summed E-state index contributed by atoms with van der Waals surface area (Å²) in [5.41, 5.74) is 8.01. The van der Waals surface area contributed by atoms with Crippen LogP contribution in [0, 0.1) is 13.8 Å². The summed E-state index contributed by atoms with van der Waals surface area (Å²) in [5.74, 6) is 0. The number of nitrogen functional groups attached to an aromatic ring is 1. The van der Waals surface area contributed by atoms with Gasteiger partial charge in [-0.3, -0.25) is 0 Å². The predicted molar refractivity (Wildman–Crippen MR) is 88.9 cm³/mol. The molecule has 0 unspecified atom stereocenters. The molecule has 0 aromatic heterocycles. The predicted octanol–water partition coefficient (Wildman–Crippen LogP) is 3.48. The van der Waals surface area contributed by atoms with Crippen molar-refractivity contribution in [2.45, 2.75) is 58.3 Å². The smallest absolute Gasteiger partial charge is 0.243 e. The number of unbranched alkanes of at least 4 members (excludes halogenated alkanes) is 2. The van der Waals surface area contributed by atoms with Crippen LogP contribution in [0.15, 0.2) is 17.0 Å². The van der Waals surface area contributed by atoms with Crippen molar-refractivity contribution in [3.63, 3.8) is 0 Å². The minimum absolute atomic E-state index is 0.354. The number of nitrogens with two attached hydrogens (primary N) is 1. The van der Waals surface area contributed by atoms with Crippen molar-refractivity contribution in [1.29, 1.82) is 0 Å². The van der Waals surface area contributed by atoms with Crippen molar-refractivity contribution in [2.24, 2.45) is 0 Å². The highest BCUT2D eigenvalue weighted by atomic mass is 32.2. The third kappa shape index (κ3) is 4.45. The Kier molecular flexibility index (Phi) is 6.68. The number of nitrogens with zero attached hydrogens (tertiary/aromatic N) is 1. The van der Waals surface area contributed by atoms with E-state index in [1.807, 2.05) is 13.0 Å². The summed E-state index contributed by atoms with van der Waals surface area (Å²) in [6, 6.07) is 3.54. The minimum atomic E-state index is -3.47. The largest absolute Gasteiger partial charge is 0.398 e. The maximum absolute atomic E-state index is 12.9. The van der Waals surface area contributed by atoms with Crippen LogP contribution >= 0.6 is 0 Å². The fourth-order valence-electron chi connectivity index (χ4n) is 2.28. The number of aryl methyl sites for hydroxylation is 1. The second kappa shape index (κ2) is 7.80. The SMILES string of the molecule is CCCCN(CCCC)S(=O)(=O)c1cc(C)cc(N)c1C. The summed E-state index contributed by atoms with van der Waals surface area (Å²) in [7, 11) is -3.47. The molecule has 4 nitrogen and oxygen atoms in total. The van der Waals surface area contributed by atoms with Gasteiger partial charge in [0.2, 0.25) is 10.0 Å². The lowest BCUT2D eigenvalue weighted by Gasteiger charge is -2.23. The summed E-state index contributed by atoms with van der Waals surface area (Å²) < 4.78 is 27.5. The van der Waals surface area contributed by atoms with Crippen molar-refractivity contribution in [2.75, 3.05) is 18.8 Å². The monoisotopic (exact) mass is 312 g/mol. The molecule has 0 radical (unpaired) electrons. The van der Waals surface area contributed by atoms with Crippen LogP contribution in [-0.2, 0) is 10.0 Å². The Hall–Kier alpha value is -1.07. The molecule has 0 aliphatic rings. The fourth-order valence-corrected chi connectivity index (χ4v) is 4.14. The Morgan fingerprint density at radius 2 is 1.57 bits per heavy atom. The first kappa shape index (κ1) is 18.0. The molecule has 0 aliphatic heterocycles. The Labute approximate surface area is 129 Å². The molecular weight excluding hydrogens is 284 g/mol. The third-order valence-corrected chi connectivity index (χ3v) is 5.71. The molecule has 0 spiro atoms. The van der Waals surface area contributed by atoms with Crippen molar-refractivity contribution >= 4 is 15.7 Å². The van der Waals surface area contributed by atoms with Crippen molar-refractivity contribution in [1.82, 2.24) is 4.31 Å². The molecule has 0 heterocycles. The molecule has 0 aliphatic carbocycles. The summed E-state index contributed by atoms with van der Waals surface area (Å²) in [6.45, 7) is 8.94. The molecule has 0 saturated carbocycles. The van der Waals surface area contributed by atoms with Crippen LogP contribution in [0.25, 0.3) is 0 Å². The van der Waals surface area contributed by atoms with E-state index in [0.29, 0.717) is 29.2 Å². The number of anilines is 1. The van der Waals surface area contributed by atoms with Crippen LogP contribution in [0.5, 0.6) is 0 Å². The molecular formula is C16H28N2O2S. The van der Waals surface area contributed by atoms with E-state index in [-0.39, 0.29) is 0 Å². The van der Waals surface area contributed by atoms with Gasteiger partial charge in [-0.05, 0) is 49.9 Å². The van der Waals surface area contributed by atoms with Crippen molar-refractivity contribution < 1.29 is 8.42 Å². The average molecular weight is 312 g/mol. The zero-order valence-electron chi connectivity index (χ0n) is 13.6. The highest BCUT2D eigenvalue weighted by Crippen LogP contribution is 2.26. The maximum Gasteiger partial charge on any atom is 0.243 e. The molecule has 0 bridgehead atoms. The second-order valence-corrected chi connectivity index (χ2v) is 7.49. The summed E-state index contributed by atoms with van der Waals surface area (Å²) in [6.07, 6.45) is 3.72. The lowest BCUT2D eigenvalue weighted by atomic mass is 10.1. The van der Waals surface area contributed by atoms with Crippen molar-refractivity contribution in [3.05, 3.63) is 23.3 Å².